The van der Waals surface area contributed by atoms with Gasteiger partial charge in [0.15, 0.2) is 6.10 Å². The number of para-hydroxylation sites is 1. The Morgan fingerprint density at radius 3 is 2.60 bits per heavy atom. The van der Waals surface area contributed by atoms with Gasteiger partial charge in [0.05, 0.1) is 15.2 Å². The normalized spacial score (nSPS) is 15.2. The first-order valence-corrected chi connectivity index (χ1v) is 11.3. The molecule has 5 nitrogen and oxygen atoms in total. The quantitative estimate of drug-likeness (QED) is 0.522. The molecule has 1 aromatic heterocycles. The maximum atomic E-state index is 12.4. The zero-order chi connectivity index (χ0) is 20.9. The lowest BCUT2D eigenvalue weighted by molar-refractivity contribution is -0.154. The van der Waals surface area contributed by atoms with Gasteiger partial charge in [0.25, 0.3) is 5.91 Å². The van der Waals surface area contributed by atoms with E-state index in [1.54, 1.807) is 18.3 Å². The molecule has 30 heavy (non-hydrogen) atoms. The topological polar surface area (TPSA) is 68.3 Å². The van der Waals surface area contributed by atoms with Crippen LogP contribution in [0, 0.1) is 5.92 Å². The minimum absolute atomic E-state index is 0.282. The Balaban J connectivity index is 1.28. The third kappa shape index (κ3) is 5.25. The van der Waals surface area contributed by atoms with Gasteiger partial charge in [-0.15, -0.1) is 11.3 Å². The standard InChI is InChI=1S/C24H26N2O3S/c1-16(29-23(27)15-17-6-2-3-7-17)24(28)25-19-12-10-18(11-13-19)14-22-26-20-8-4-5-9-21(20)30-22/h4-5,8-13,16-17H,2-3,6-7,14-15H2,1H3,(H,25,28)/t16-/m0/s1. The maximum absolute atomic E-state index is 12.4. The van der Waals surface area contributed by atoms with Crippen LogP contribution >= 0.6 is 11.3 Å². The van der Waals surface area contributed by atoms with Crippen LogP contribution in [0.15, 0.2) is 48.5 Å². The number of esters is 1. The lowest BCUT2D eigenvalue weighted by Gasteiger charge is -2.15. The lowest BCUT2D eigenvalue weighted by Crippen LogP contribution is -2.30. The molecule has 3 aromatic rings. The lowest BCUT2D eigenvalue weighted by atomic mass is 10.0. The Morgan fingerprint density at radius 1 is 1.13 bits per heavy atom. The summed E-state index contributed by atoms with van der Waals surface area (Å²) in [5.74, 6) is -0.180. The fourth-order valence-corrected chi connectivity index (χ4v) is 4.87. The molecule has 4 rings (SSSR count). The van der Waals surface area contributed by atoms with E-state index in [4.69, 9.17) is 4.74 Å². The van der Waals surface area contributed by atoms with Crippen molar-refractivity contribution in [2.75, 3.05) is 5.32 Å². The summed E-state index contributed by atoms with van der Waals surface area (Å²) in [7, 11) is 0. The molecule has 0 aliphatic heterocycles. The molecule has 0 radical (unpaired) electrons. The van der Waals surface area contributed by atoms with E-state index in [9.17, 15) is 9.59 Å². The van der Waals surface area contributed by atoms with Crippen LogP contribution in [0.5, 0.6) is 0 Å². The number of rotatable bonds is 7. The van der Waals surface area contributed by atoms with E-state index < -0.39 is 6.10 Å². The summed E-state index contributed by atoms with van der Waals surface area (Å²) in [6.45, 7) is 1.61. The third-order valence-electron chi connectivity index (χ3n) is 5.52. The van der Waals surface area contributed by atoms with Crippen molar-refractivity contribution in [2.24, 2.45) is 5.92 Å². The molecular weight excluding hydrogens is 396 g/mol. The van der Waals surface area contributed by atoms with E-state index in [2.05, 4.69) is 16.4 Å². The van der Waals surface area contributed by atoms with E-state index in [1.807, 2.05) is 42.5 Å². The number of ether oxygens (including phenoxy) is 1. The Labute approximate surface area is 180 Å². The minimum atomic E-state index is -0.804. The summed E-state index contributed by atoms with van der Waals surface area (Å²) in [5, 5.41) is 3.89. The smallest absolute Gasteiger partial charge is 0.306 e. The number of fused-ring (bicyclic) bond motifs is 1. The number of thiazole rings is 1. The van der Waals surface area contributed by atoms with Crippen molar-refractivity contribution in [1.82, 2.24) is 4.98 Å². The highest BCUT2D eigenvalue weighted by Crippen LogP contribution is 2.28. The average molecular weight is 423 g/mol. The number of hydrogen-bond donors (Lipinski definition) is 1. The number of carbonyl (C=O) groups excluding carboxylic acids is 2. The largest absolute Gasteiger partial charge is 0.453 e. The molecule has 6 heteroatoms. The molecule has 0 spiro atoms. The number of anilines is 1. The molecular formula is C24H26N2O3S. The van der Waals surface area contributed by atoms with Crippen molar-refractivity contribution in [1.29, 1.82) is 0 Å². The van der Waals surface area contributed by atoms with Crippen LogP contribution in [0.25, 0.3) is 10.2 Å². The van der Waals surface area contributed by atoms with Crippen LogP contribution < -0.4 is 5.32 Å². The molecule has 1 aliphatic carbocycles. The van der Waals surface area contributed by atoms with Gasteiger partial charge >= 0.3 is 5.97 Å². The summed E-state index contributed by atoms with van der Waals surface area (Å²) >= 11 is 1.70. The predicted molar refractivity (Wildman–Crippen MR) is 120 cm³/mol. The second-order valence-electron chi connectivity index (χ2n) is 7.92. The molecule has 1 amide bonds. The van der Waals surface area contributed by atoms with Gasteiger partial charge in [0.1, 0.15) is 0 Å². The number of amides is 1. The summed E-state index contributed by atoms with van der Waals surface area (Å²) in [5.41, 5.74) is 2.84. The summed E-state index contributed by atoms with van der Waals surface area (Å²) < 4.78 is 6.51. The van der Waals surface area contributed by atoms with Crippen molar-refractivity contribution in [3.05, 3.63) is 59.1 Å². The predicted octanol–water partition coefficient (Wildman–Crippen LogP) is 5.34. The van der Waals surface area contributed by atoms with Gasteiger partial charge in [-0.2, -0.15) is 0 Å². The molecule has 0 bridgehead atoms. The highest BCUT2D eigenvalue weighted by molar-refractivity contribution is 7.18. The molecule has 1 saturated carbocycles. The second kappa shape index (κ2) is 9.39. The number of benzene rings is 2. The van der Waals surface area contributed by atoms with Gasteiger partial charge in [-0.1, -0.05) is 37.1 Å². The number of nitrogens with one attached hydrogen (secondary N) is 1. The van der Waals surface area contributed by atoms with Crippen LogP contribution in [0.1, 0.15) is 49.6 Å². The van der Waals surface area contributed by atoms with Gasteiger partial charge in [0.2, 0.25) is 0 Å². The molecule has 156 valence electrons. The van der Waals surface area contributed by atoms with Crippen molar-refractivity contribution in [2.45, 2.75) is 51.6 Å². The van der Waals surface area contributed by atoms with E-state index in [-0.39, 0.29) is 11.9 Å². The first kappa shape index (κ1) is 20.5. The molecule has 0 saturated heterocycles. The van der Waals surface area contributed by atoms with Gasteiger partial charge < -0.3 is 10.1 Å². The van der Waals surface area contributed by atoms with Crippen LogP contribution in [0.4, 0.5) is 5.69 Å². The Bertz CT molecular complexity index is 989. The summed E-state index contributed by atoms with van der Waals surface area (Å²) in [6.07, 6.45) is 4.89. The Morgan fingerprint density at radius 2 is 1.87 bits per heavy atom. The first-order chi connectivity index (χ1) is 14.6. The zero-order valence-electron chi connectivity index (χ0n) is 17.1. The highest BCUT2D eigenvalue weighted by Gasteiger charge is 2.23. The van der Waals surface area contributed by atoms with Crippen LogP contribution in [-0.2, 0) is 20.7 Å². The molecule has 1 fully saturated rings. The first-order valence-electron chi connectivity index (χ1n) is 10.5. The van der Waals surface area contributed by atoms with E-state index in [0.29, 0.717) is 18.0 Å². The van der Waals surface area contributed by atoms with Gasteiger partial charge in [0, 0.05) is 18.5 Å². The third-order valence-corrected chi connectivity index (χ3v) is 6.56. The Kier molecular flexibility index (Phi) is 6.43. The highest BCUT2D eigenvalue weighted by atomic mass is 32.1. The van der Waals surface area contributed by atoms with Gasteiger partial charge in [-0.25, -0.2) is 4.98 Å². The molecule has 1 aliphatic rings. The monoisotopic (exact) mass is 422 g/mol. The van der Waals surface area contributed by atoms with Crippen LogP contribution in [-0.4, -0.2) is 23.0 Å². The zero-order valence-corrected chi connectivity index (χ0v) is 17.9. The minimum Gasteiger partial charge on any atom is -0.453 e. The van der Waals surface area contributed by atoms with Crippen LogP contribution in [0.2, 0.25) is 0 Å². The van der Waals surface area contributed by atoms with Gasteiger partial charge in [-0.3, -0.25) is 9.59 Å². The van der Waals surface area contributed by atoms with E-state index >= 15 is 0 Å². The molecule has 0 unspecified atom stereocenters. The van der Waals surface area contributed by atoms with Crippen molar-refractivity contribution in [3.63, 3.8) is 0 Å². The van der Waals surface area contributed by atoms with Gasteiger partial charge in [-0.05, 0) is 55.5 Å². The second-order valence-corrected chi connectivity index (χ2v) is 9.04. The molecule has 1 heterocycles. The van der Waals surface area contributed by atoms with E-state index in [1.165, 1.54) is 17.5 Å². The van der Waals surface area contributed by atoms with Crippen molar-refractivity contribution >= 4 is 39.1 Å². The Hall–Kier alpha value is -2.73. The molecule has 1 N–H and O–H groups in total. The average Bonchev–Trinajstić information content (AvgIpc) is 3.38. The number of aromatic nitrogens is 1. The molecule has 2 aromatic carbocycles. The van der Waals surface area contributed by atoms with E-state index in [0.717, 1.165) is 35.4 Å². The fraction of sp³-hybridized carbons (Fsp3) is 0.375. The summed E-state index contributed by atoms with van der Waals surface area (Å²) in [6, 6.07) is 15.8. The maximum Gasteiger partial charge on any atom is 0.306 e. The van der Waals surface area contributed by atoms with Crippen molar-refractivity contribution < 1.29 is 14.3 Å². The number of nitrogens with zero attached hydrogens (tertiary/aromatic N) is 1. The fourth-order valence-electron chi connectivity index (χ4n) is 3.87. The van der Waals surface area contributed by atoms with Crippen molar-refractivity contribution in [3.8, 4) is 0 Å². The number of hydrogen-bond acceptors (Lipinski definition) is 5. The summed E-state index contributed by atoms with van der Waals surface area (Å²) in [4.78, 5) is 29.1. The van der Waals surface area contributed by atoms with Crippen LogP contribution in [0.3, 0.4) is 0 Å². The SMILES string of the molecule is C[C@H](OC(=O)CC1CCCC1)C(=O)Nc1ccc(Cc2nc3ccccc3s2)cc1. The number of carbonyl (C=O) groups is 2. The molecule has 1 atom stereocenters.